The number of nitrogens with zero attached hydrogens (tertiary/aromatic N) is 1. The van der Waals surface area contributed by atoms with Crippen molar-refractivity contribution in [2.45, 2.75) is 13.3 Å². The quantitative estimate of drug-likeness (QED) is 0.658. The number of hydrogen-bond acceptors (Lipinski definition) is 6. The van der Waals surface area contributed by atoms with E-state index in [4.69, 9.17) is 4.74 Å². The predicted molar refractivity (Wildman–Crippen MR) is 100 cm³/mol. The molecule has 0 atom stereocenters. The molecule has 0 aliphatic rings. The minimum Gasteiger partial charge on any atom is -0.462 e. The van der Waals surface area contributed by atoms with E-state index >= 15 is 0 Å². The first-order valence-electron chi connectivity index (χ1n) is 7.71. The maximum absolute atomic E-state index is 12.2. The monoisotopic (exact) mass is 372 g/mol. The van der Waals surface area contributed by atoms with Crippen LogP contribution >= 0.6 is 22.7 Å². The number of amides is 1. The highest BCUT2D eigenvalue weighted by Crippen LogP contribution is 2.28. The average Bonchev–Trinajstić information content (AvgIpc) is 3.26. The van der Waals surface area contributed by atoms with Gasteiger partial charge >= 0.3 is 5.97 Å². The summed E-state index contributed by atoms with van der Waals surface area (Å²) < 4.78 is 4.96. The van der Waals surface area contributed by atoms with Crippen molar-refractivity contribution in [3.63, 3.8) is 0 Å². The largest absolute Gasteiger partial charge is 0.462 e. The summed E-state index contributed by atoms with van der Waals surface area (Å²) in [6, 6.07) is 10.7. The molecule has 0 fully saturated rings. The van der Waals surface area contributed by atoms with E-state index in [-0.39, 0.29) is 12.3 Å². The SMILES string of the molecule is CCOC(=O)c1cccc(NC(=O)Cc2csc(-c3cccs3)n2)c1. The Morgan fingerprint density at radius 2 is 2.08 bits per heavy atom. The second kappa shape index (κ2) is 8.04. The zero-order chi connectivity index (χ0) is 17.6. The third kappa shape index (κ3) is 4.52. The molecule has 2 aromatic heterocycles. The van der Waals surface area contributed by atoms with Gasteiger partial charge in [0.05, 0.1) is 29.2 Å². The van der Waals surface area contributed by atoms with Crippen LogP contribution < -0.4 is 5.32 Å². The minimum atomic E-state index is -0.404. The Morgan fingerprint density at radius 3 is 2.84 bits per heavy atom. The van der Waals surface area contributed by atoms with Crippen molar-refractivity contribution in [1.82, 2.24) is 4.98 Å². The molecule has 0 aliphatic carbocycles. The number of thiazole rings is 1. The molecule has 0 spiro atoms. The maximum Gasteiger partial charge on any atom is 0.338 e. The van der Waals surface area contributed by atoms with Crippen molar-refractivity contribution < 1.29 is 14.3 Å². The number of carbonyl (C=O) groups excluding carboxylic acids is 2. The third-order valence-corrected chi connectivity index (χ3v) is 5.21. The highest BCUT2D eigenvalue weighted by Gasteiger charge is 2.11. The lowest BCUT2D eigenvalue weighted by Gasteiger charge is -2.06. The van der Waals surface area contributed by atoms with E-state index in [9.17, 15) is 9.59 Å². The zero-order valence-corrected chi connectivity index (χ0v) is 15.2. The molecule has 1 amide bonds. The zero-order valence-electron chi connectivity index (χ0n) is 13.5. The van der Waals surface area contributed by atoms with Gasteiger partial charge in [-0.15, -0.1) is 22.7 Å². The number of carbonyl (C=O) groups is 2. The molecule has 0 saturated heterocycles. The summed E-state index contributed by atoms with van der Waals surface area (Å²) in [6.45, 7) is 2.06. The topological polar surface area (TPSA) is 68.3 Å². The number of nitrogens with one attached hydrogen (secondary N) is 1. The number of thiophene rings is 1. The normalized spacial score (nSPS) is 10.4. The molecule has 2 heterocycles. The van der Waals surface area contributed by atoms with E-state index in [1.807, 2.05) is 22.9 Å². The van der Waals surface area contributed by atoms with Crippen molar-refractivity contribution in [3.8, 4) is 9.88 Å². The van der Waals surface area contributed by atoms with Crippen LogP contribution in [0.2, 0.25) is 0 Å². The highest BCUT2D eigenvalue weighted by molar-refractivity contribution is 7.20. The van der Waals surface area contributed by atoms with Crippen molar-refractivity contribution in [1.29, 1.82) is 0 Å². The molecule has 0 radical (unpaired) electrons. The van der Waals surface area contributed by atoms with Gasteiger partial charge in [0.1, 0.15) is 5.01 Å². The standard InChI is InChI=1S/C18H16N2O3S2/c1-2-23-18(22)12-5-3-6-13(9-12)19-16(21)10-14-11-25-17(20-14)15-7-4-8-24-15/h3-9,11H,2,10H2,1H3,(H,19,21). The van der Waals surface area contributed by atoms with Crippen molar-refractivity contribution in [2.24, 2.45) is 0 Å². The van der Waals surface area contributed by atoms with E-state index in [1.165, 1.54) is 11.3 Å². The van der Waals surface area contributed by atoms with Crippen molar-refractivity contribution in [3.05, 3.63) is 58.4 Å². The van der Waals surface area contributed by atoms with E-state index in [0.717, 1.165) is 15.6 Å². The molecule has 128 valence electrons. The van der Waals surface area contributed by atoms with Gasteiger partial charge in [-0.05, 0) is 36.6 Å². The van der Waals surface area contributed by atoms with Gasteiger partial charge in [-0.2, -0.15) is 0 Å². The lowest BCUT2D eigenvalue weighted by atomic mass is 10.2. The molecule has 0 bridgehead atoms. The van der Waals surface area contributed by atoms with E-state index in [2.05, 4.69) is 10.3 Å². The Balaban J connectivity index is 1.63. The van der Waals surface area contributed by atoms with Gasteiger partial charge in [-0.1, -0.05) is 12.1 Å². The van der Waals surface area contributed by atoms with Gasteiger partial charge in [-0.3, -0.25) is 4.79 Å². The van der Waals surface area contributed by atoms with Gasteiger partial charge in [0.2, 0.25) is 5.91 Å². The first-order valence-corrected chi connectivity index (χ1v) is 9.47. The minimum absolute atomic E-state index is 0.177. The second-order valence-electron chi connectivity index (χ2n) is 5.15. The van der Waals surface area contributed by atoms with Crippen LogP contribution in [-0.2, 0) is 16.0 Å². The molecule has 0 unspecified atom stereocenters. The molecule has 0 aliphatic heterocycles. The number of aromatic nitrogens is 1. The second-order valence-corrected chi connectivity index (χ2v) is 6.95. The van der Waals surface area contributed by atoms with E-state index in [0.29, 0.717) is 17.9 Å². The fraction of sp³-hybridized carbons (Fsp3) is 0.167. The van der Waals surface area contributed by atoms with E-state index < -0.39 is 5.97 Å². The van der Waals surface area contributed by atoms with Crippen LogP contribution in [-0.4, -0.2) is 23.5 Å². The molecule has 1 aromatic carbocycles. The van der Waals surface area contributed by atoms with Gasteiger partial charge in [0.25, 0.3) is 0 Å². The van der Waals surface area contributed by atoms with Crippen LogP contribution in [0.25, 0.3) is 9.88 Å². The van der Waals surface area contributed by atoms with Crippen LogP contribution in [0.3, 0.4) is 0 Å². The Bertz CT molecular complexity index is 872. The fourth-order valence-electron chi connectivity index (χ4n) is 2.21. The molecular weight excluding hydrogens is 356 g/mol. The average molecular weight is 372 g/mol. The van der Waals surface area contributed by atoms with Crippen molar-refractivity contribution >= 4 is 40.2 Å². The summed E-state index contributed by atoms with van der Waals surface area (Å²) in [5.74, 6) is -0.581. The molecule has 3 aromatic rings. The van der Waals surface area contributed by atoms with Crippen LogP contribution in [0, 0.1) is 0 Å². The maximum atomic E-state index is 12.2. The molecule has 3 rings (SSSR count). The number of anilines is 1. The van der Waals surface area contributed by atoms with Gasteiger partial charge < -0.3 is 10.1 Å². The van der Waals surface area contributed by atoms with Crippen LogP contribution in [0.1, 0.15) is 23.0 Å². The summed E-state index contributed by atoms with van der Waals surface area (Å²) >= 11 is 3.15. The smallest absolute Gasteiger partial charge is 0.338 e. The number of rotatable bonds is 6. The highest BCUT2D eigenvalue weighted by atomic mass is 32.1. The predicted octanol–water partition coefficient (Wildman–Crippen LogP) is 4.23. The molecule has 5 nitrogen and oxygen atoms in total. The Labute approximate surface area is 153 Å². The lowest BCUT2D eigenvalue weighted by molar-refractivity contribution is -0.115. The Kier molecular flexibility index (Phi) is 5.57. The van der Waals surface area contributed by atoms with Gasteiger partial charge in [0, 0.05) is 11.1 Å². The molecule has 7 heteroatoms. The third-order valence-electron chi connectivity index (χ3n) is 3.28. The number of benzene rings is 1. The number of ether oxygens (including phenoxy) is 1. The summed E-state index contributed by atoms with van der Waals surface area (Å²) in [6.07, 6.45) is 0.186. The first-order chi connectivity index (χ1) is 12.2. The Hall–Kier alpha value is -2.51. The summed E-state index contributed by atoms with van der Waals surface area (Å²) in [5, 5.41) is 7.60. The molecule has 1 N–H and O–H groups in total. The lowest BCUT2D eigenvalue weighted by Crippen LogP contribution is -2.15. The van der Waals surface area contributed by atoms with Gasteiger partial charge in [0.15, 0.2) is 0 Å². The summed E-state index contributed by atoms with van der Waals surface area (Å²) in [5.41, 5.74) is 1.70. The summed E-state index contributed by atoms with van der Waals surface area (Å²) in [7, 11) is 0. The number of hydrogen-bond donors (Lipinski definition) is 1. The first kappa shape index (κ1) is 17.3. The van der Waals surface area contributed by atoms with Crippen molar-refractivity contribution in [2.75, 3.05) is 11.9 Å². The van der Waals surface area contributed by atoms with Crippen LogP contribution in [0.15, 0.2) is 47.2 Å². The molecule has 25 heavy (non-hydrogen) atoms. The number of esters is 1. The molecular formula is C18H16N2O3S2. The Morgan fingerprint density at radius 1 is 1.20 bits per heavy atom. The van der Waals surface area contributed by atoms with Crippen LogP contribution in [0.4, 0.5) is 5.69 Å². The fourth-order valence-corrected chi connectivity index (χ4v) is 3.84. The summed E-state index contributed by atoms with van der Waals surface area (Å²) in [4.78, 5) is 29.6. The van der Waals surface area contributed by atoms with E-state index in [1.54, 1.807) is 42.5 Å². The van der Waals surface area contributed by atoms with Crippen LogP contribution in [0.5, 0.6) is 0 Å². The molecule has 0 saturated carbocycles. The van der Waals surface area contributed by atoms with Gasteiger partial charge in [-0.25, -0.2) is 9.78 Å².